The van der Waals surface area contributed by atoms with Gasteiger partial charge >= 0.3 is 30.5 Å². The van der Waals surface area contributed by atoms with Crippen molar-refractivity contribution in [3.05, 3.63) is 256 Å². The van der Waals surface area contributed by atoms with Gasteiger partial charge in [0.05, 0.1) is 94.6 Å². The van der Waals surface area contributed by atoms with Gasteiger partial charge in [0.25, 0.3) is 0 Å². The molecular formula is C110H123F19O15. The van der Waals surface area contributed by atoms with Crippen molar-refractivity contribution in [2.75, 3.05) is 66.1 Å². The predicted molar refractivity (Wildman–Crippen MR) is 489 cm³/mol. The van der Waals surface area contributed by atoms with Gasteiger partial charge in [-0.1, -0.05) is 159 Å². The molecule has 7 saturated carbocycles. The maximum Gasteiger partial charge on any atom is 0.429 e. The number of rotatable bonds is 25. The molecule has 0 N–H and O–H groups in total. The molecule has 20 rings (SSSR count). The summed E-state index contributed by atoms with van der Waals surface area (Å²) >= 11 is 0. The molecule has 12 fully saturated rings. The van der Waals surface area contributed by atoms with E-state index < -0.39 is 136 Å². The molecule has 5 saturated heterocycles. The fourth-order valence-corrected chi connectivity index (χ4v) is 22.0. The molecule has 12 aliphatic rings. The van der Waals surface area contributed by atoms with Gasteiger partial charge < -0.3 is 71.1 Å². The molecule has 34 heteroatoms. The van der Waals surface area contributed by atoms with Crippen LogP contribution in [0.3, 0.4) is 0 Å². The van der Waals surface area contributed by atoms with Gasteiger partial charge in [0.2, 0.25) is 0 Å². The summed E-state index contributed by atoms with van der Waals surface area (Å²) in [7, 11) is 0. The third kappa shape index (κ3) is 28.9. The zero-order valence-corrected chi connectivity index (χ0v) is 79.8. The van der Waals surface area contributed by atoms with Crippen LogP contribution >= 0.6 is 0 Å². The summed E-state index contributed by atoms with van der Waals surface area (Å²) in [5.41, 5.74) is -0.111. The highest BCUT2D eigenvalue weighted by atomic mass is 19.3. The fraction of sp³-hybridized carbons (Fsp3) is 0.564. The summed E-state index contributed by atoms with van der Waals surface area (Å²) in [5, 5.41) is 0. The van der Waals surface area contributed by atoms with Crippen LogP contribution < -0.4 is 23.7 Å². The lowest BCUT2D eigenvalue weighted by Gasteiger charge is -2.40. The molecular weight excluding hydrogens is 1920 g/mol. The first-order chi connectivity index (χ1) is 69.2. The van der Waals surface area contributed by atoms with Gasteiger partial charge in [0.15, 0.2) is 66.4 Å². The highest BCUT2D eigenvalue weighted by Gasteiger charge is 2.50. The van der Waals surface area contributed by atoms with Gasteiger partial charge in [0, 0.05) is 76.3 Å². The van der Waals surface area contributed by atoms with Crippen LogP contribution in [0.15, 0.2) is 170 Å². The zero-order valence-electron chi connectivity index (χ0n) is 79.8. The van der Waals surface area contributed by atoms with Gasteiger partial charge in [-0.15, -0.1) is 0 Å². The lowest BCUT2D eigenvalue weighted by Crippen LogP contribution is -2.43. The van der Waals surface area contributed by atoms with Crippen molar-refractivity contribution < 1.29 is 154 Å². The van der Waals surface area contributed by atoms with Crippen LogP contribution in [0, 0.1) is 135 Å². The van der Waals surface area contributed by atoms with E-state index in [0.29, 0.717) is 180 Å². The Morgan fingerprint density at radius 2 is 0.451 bits per heavy atom. The Balaban J connectivity index is 0.000000129. The first-order valence-electron chi connectivity index (χ1n) is 50.6. The van der Waals surface area contributed by atoms with Gasteiger partial charge in [0.1, 0.15) is 46.2 Å². The van der Waals surface area contributed by atoms with Gasteiger partial charge in [-0.2, -0.15) is 43.9 Å². The number of alkyl halides is 10. The summed E-state index contributed by atoms with van der Waals surface area (Å²) in [6, 6.07) is 30.1. The highest BCUT2D eigenvalue weighted by Crippen LogP contribution is 2.50. The van der Waals surface area contributed by atoms with Crippen LogP contribution in [0.1, 0.15) is 232 Å². The summed E-state index contributed by atoms with van der Waals surface area (Å²) in [6.07, 6.45) is 8.11. The Hall–Kier alpha value is -8.97. The molecule has 0 unspecified atom stereocenters. The van der Waals surface area contributed by atoms with E-state index in [2.05, 4.69) is 9.47 Å². The first-order valence-corrected chi connectivity index (χ1v) is 50.6. The molecule has 8 aromatic carbocycles. The second kappa shape index (κ2) is 49.4. The van der Waals surface area contributed by atoms with E-state index >= 15 is 0 Å². The van der Waals surface area contributed by atoms with E-state index in [9.17, 15) is 83.4 Å². The molecule has 0 atom stereocenters. The molecule has 0 aromatic heterocycles. The van der Waals surface area contributed by atoms with E-state index in [1.54, 1.807) is 12.1 Å². The fourth-order valence-electron chi connectivity index (χ4n) is 22.0. The van der Waals surface area contributed by atoms with E-state index in [4.69, 9.17) is 61.6 Å². The van der Waals surface area contributed by atoms with Gasteiger partial charge in [-0.05, 0) is 202 Å². The smallest absolute Gasteiger partial charge is 0.429 e. The second-order valence-electron chi connectivity index (χ2n) is 40.1. The SMILES string of the molecule is Fc1ccc(OC(F)(F)C2CCC(C3OCC(C4CCCC4)CO3)CC2)cc1.Fc1ccc(OC(F)(F)C2CCC(C3OCC(C4CCCC4)CO3)CC2)cc1F.Fc1ccc(OC(F)(F)c2ccc(C3OCC(C4CCCC4)CO3)cc2)cc1.Fc1ccc(OC(F)(F)c2ccc(C3OCC(C4CCCC4)CO3)cc2)cc1F.Fc1ccc(OC(F)(F)c2ccc(C3OCC(C4CCCC4)CO3)cc2F)cc1F. The Kier molecular flexibility index (Phi) is 37.0. The van der Waals surface area contributed by atoms with Crippen molar-refractivity contribution in [1.29, 1.82) is 0 Å². The van der Waals surface area contributed by atoms with Crippen LogP contribution in [0.25, 0.3) is 0 Å². The molecule has 0 bridgehead atoms. The normalized spacial score (nSPS) is 26.8. The van der Waals surface area contributed by atoms with Crippen molar-refractivity contribution in [2.24, 2.45) is 82.9 Å². The van der Waals surface area contributed by atoms with Gasteiger partial charge in [-0.3, -0.25) is 0 Å². The minimum absolute atomic E-state index is 0.00887. The third-order valence-electron chi connectivity index (χ3n) is 30.4. The molecule has 0 radical (unpaired) electrons. The number of hydrogen-bond donors (Lipinski definition) is 0. The van der Waals surface area contributed by atoms with E-state index in [0.717, 1.165) is 98.7 Å². The monoisotopic (exact) mass is 2040 g/mol. The van der Waals surface area contributed by atoms with Gasteiger partial charge in [-0.25, -0.2) is 39.5 Å². The predicted octanol–water partition coefficient (Wildman–Crippen LogP) is 29.5. The Bertz CT molecular complexity index is 5280. The summed E-state index contributed by atoms with van der Waals surface area (Å²) in [4.78, 5) is 0. The Morgan fingerprint density at radius 1 is 0.201 bits per heavy atom. The molecule has 5 aliphatic heterocycles. The van der Waals surface area contributed by atoms with Crippen LogP contribution in [-0.4, -0.2) is 90.9 Å². The molecule has 15 nitrogen and oxygen atoms in total. The Morgan fingerprint density at radius 3 is 0.750 bits per heavy atom. The minimum Gasteiger partial charge on any atom is -0.432 e. The maximum atomic E-state index is 14.5. The zero-order chi connectivity index (χ0) is 101. The first kappa shape index (κ1) is 108. The lowest BCUT2D eigenvalue weighted by molar-refractivity contribution is -0.250. The number of ether oxygens (including phenoxy) is 15. The second-order valence-corrected chi connectivity index (χ2v) is 40.1. The molecule has 5 heterocycles. The average molecular weight is 2050 g/mol. The van der Waals surface area contributed by atoms with Crippen molar-refractivity contribution >= 4 is 0 Å². The van der Waals surface area contributed by atoms with E-state index in [1.165, 1.54) is 182 Å². The van der Waals surface area contributed by atoms with Crippen LogP contribution in [0.4, 0.5) is 83.4 Å². The highest BCUT2D eigenvalue weighted by molar-refractivity contribution is 5.34. The summed E-state index contributed by atoms with van der Waals surface area (Å²) < 4.78 is 345. The van der Waals surface area contributed by atoms with Crippen LogP contribution in [0.2, 0.25) is 0 Å². The molecule has 0 amide bonds. The Labute approximate surface area is 825 Å². The molecule has 786 valence electrons. The van der Waals surface area contributed by atoms with E-state index in [1.807, 2.05) is 0 Å². The topological polar surface area (TPSA) is 138 Å². The number of halogens is 19. The third-order valence-corrected chi connectivity index (χ3v) is 30.4. The van der Waals surface area contributed by atoms with Crippen molar-refractivity contribution in [3.8, 4) is 28.7 Å². The van der Waals surface area contributed by atoms with Crippen LogP contribution in [0.5, 0.6) is 28.7 Å². The van der Waals surface area contributed by atoms with Crippen molar-refractivity contribution in [2.45, 2.75) is 242 Å². The molecule has 8 aromatic rings. The minimum atomic E-state index is -4.09. The average Bonchev–Trinajstić information content (AvgIpc) is 0.906. The molecule has 144 heavy (non-hydrogen) atoms. The van der Waals surface area contributed by atoms with E-state index in [-0.39, 0.29) is 65.6 Å². The number of benzene rings is 8. The summed E-state index contributed by atoms with van der Waals surface area (Å²) in [5.74, 6) is -7.19. The van der Waals surface area contributed by atoms with Crippen molar-refractivity contribution in [1.82, 2.24) is 0 Å². The lowest BCUT2D eigenvalue weighted by atomic mass is 9.80. The number of hydrogen-bond acceptors (Lipinski definition) is 15. The van der Waals surface area contributed by atoms with Crippen molar-refractivity contribution in [3.63, 3.8) is 0 Å². The summed E-state index contributed by atoms with van der Waals surface area (Å²) in [6.45, 7) is 6.32. The standard InChI is InChI=1S/C22H21F5O3.C22H28F4O3.C22H22F4O3.C22H29F3O3.C22H23F3O3/c23-18-8-6-16(10-20(18)25)30-22(26,27)17-7-5-14(9-19(17)24)21-28-11-15(12-29-21)13-3-1-2-4-13;2*23-19-10-9-18(11-20(19)24)29-22(25,26)17-7-5-15(6-8-17)21-27-12-16(13-28-21)14-3-1-2-4-14;2*23-19-9-11-20(12-10-19)28-22(24,25)18-7-5-16(6-8-18)21-26-13-17(14-27-21)15-3-1-2-4-15/h5-10,13,15,21H,1-4,11-12H2;9-11,14-17,21H,1-8,12-13H2;5-11,14,16,21H,1-4,12-13H2;9-12,15-18,21H,1-8,13-14H2;5-12,15,17,21H,1-4,13-14H2. The quantitative estimate of drug-likeness (QED) is 0.0501. The largest absolute Gasteiger partial charge is 0.432 e. The maximum absolute atomic E-state index is 14.5. The van der Waals surface area contributed by atoms with Crippen LogP contribution in [-0.2, 0) is 65.7 Å². The molecule has 7 aliphatic carbocycles. The molecule has 0 spiro atoms.